The van der Waals surface area contributed by atoms with Gasteiger partial charge in [-0.25, -0.2) is 0 Å². The van der Waals surface area contributed by atoms with Crippen molar-refractivity contribution in [3.8, 4) is 11.5 Å². The van der Waals surface area contributed by atoms with E-state index in [0.717, 1.165) is 5.56 Å². The molecule has 0 fully saturated rings. The molecule has 8 heteroatoms. The Balaban J connectivity index is 2.61. The minimum absolute atomic E-state index is 0.0492. The van der Waals surface area contributed by atoms with Crippen LogP contribution in [-0.2, 0) is 4.74 Å². The number of nitrogens with zero attached hydrogens (tertiary/aromatic N) is 1. The van der Waals surface area contributed by atoms with Gasteiger partial charge in [-0.15, -0.1) is 0 Å². The number of aromatic hydroxyl groups is 1. The highest BCUT2D eigenvalue weighted by atomic mass is 79.9. The maximum absolute atomic E-state index is 9.71. The van der Waals surface area contributed by atoms with E-state index in [1.807, 2.05) is 6.92 Å². The Hall–Kier alpha value is -1.38. The van der Waals surface area contributed by atoms with Gasteiger partial charge in [0.15, 0.2) is 16.6 Å². The fourth-order valence-electron chi connectivity index (χ4n) is 1.54. The molecule has 6 nitrogen and oxygen atoms in total. The number of phenolic OH excluding ortho intramolecular Hbond substituents is 1. The molecule has 1 rings (SSSR count). The largest absolute Gasteiger partial charge is 0.503 e. The molecular weight excluding hydrogens is 358 g/mol. The average Bonchev–Trinajstić information content (AvgIpc) is 2.42. The van der Waals surface area contributed by atoms with Crippen LogP contribution in [0.4, 0.5) is 0 Å². The number of rotatable bonds is 6. The molecule has 0 unspecified atom stereocenters. The standard InChI is InChI=1S/C13H18BrN3O3S/c1-8(7-19-2)16-13(21)17-15-6-9-4-10(14)12(18)11(5-9)20-3/h4-6,8,18H,7H2,1-3H3,(H2,16,17,21)/b15-6+/t8-/m0/s1. The molecule has 21 heavy (non-hydrogen) atoms. The highest BCUT2D eigenvalue weighted by Crippen LogP contribution is 2.34. The zero-order chi connectivity index (χ0) is 15.8. The van der Waals surface area contributed by atoms with Crippen LogP contribution in [0, 0.1) is 0 Å². The number of benzene rings is 1. The molecule has 1 aromatic rings. The molecule has 3 N–H and O–H groups in total. The Morgan fingerprint density at radius 2 is 2.24 bits per heavy atom. The Bertz CT molecular complexity index is 526. The SMILES string of the molecule is COC[C@H](C)NC(=S)N/N=C/c1cc(Br)c(O)c(OC)c1. The third kappa shape index (κ3) is 5.86. The summed E-state index contributed by atoms with van der Waals surface area (Å²) >= 11 is 8.33. The van der Waals surface area contributed by atoms with Crippen LogP contribution < -0.4 is 15.5 Å². The van der Waals surface area contributed by atoms with Gasteiger partial charge in [0.05, 0.1) is 24.4 Å². The summed E-state index contributed by atoms with van der Waals surface area (Å²) in [6.07, 6.45) is 1.57. The van der Waals surface area contributed by atoms with Crippen molar-refractivity contribution in [2.45, 2.75) is 13.0 Å². The number of ether oxygens (including phenoxy) is 2. The fourth-order valence-corrected chi connectivity index (χ4v) is 2.25. The maximum atomic E-state index is 9.71. The van der Waals surface area contributed by atoms with Gasteiger partial charge >= 0.3 is 0 Å². The molecule has 0 aliphatic carbocycles. The topological polar surface area (TPSA) is 75.1 Å². The predicted molar refractivity (Wildman–Crippen MR) is 90.2 cm³/mol. The Morgan fingerprint density at radius 1 is 1.52 bits per heavy atom. The van der Waals surface area contributed by atoms with Crippen LogP contribution in [0.3, 0.4) is 0 Å². The lowest BCUT2D eigenvalue weighted by Crippen LogP contribution is -2.40. The van der Waals surface area contributed by atoms with Gasteiger partial charge in [0.2, 0.25) is 0 Å². The highest BCUT2D eigenvalue weighted by Gasteiger charge is 2.07. The minimum Gasteiger partial charge on any atom is -0.503 e. The zero-order valence-corrected chi connectivity index (χ0v) is 14.4. The van der Waals surface area contributed by atoms with E-state index >= 15 is 0 Å². The second kappa shape index (κ2) is 8.81. The minimum atomic E-state index is 0.0492. The molecule has 0 aromatic heterocycles. The monoisotopic (exact) mass is 375 g/mol. The van der Waals surface area contributed by atoms with Gasteiger partial charge in [-0.2, -0.15) is 5.10 Å². The fraction of sp³-hybridized carbons (Fsp3) is 0.385. The first-order valence-electron chi connectivity index (χ1n) is 6.13. The number of hydrazone groups is 1. The van der Waals surface area contributed by atoms with Gasteiger partial charge in [-0.05, 0) is 52.8 Å². The van der Waals surface area contributed by atoms with E-state index in [1.54, 1.807) is 25.5 Å². The first kappa shape index (κ1) is 17.7. The Morgan fingerprint density at radius 3 is 2.86 bits per heavy atom. The van der Waals surface area contributed by atoms with Crippen LogP contribution in [0.5, 0.6) is 11.5 Å². The molecule has 0 bridgehead atoms. The van der Waals surface area contributed by atoms with Crippen molar-refractivity contribution >= 4 is 39.5 Å². The Kier molecular flexibility index (Phi) is 7.41. The third-order valence-electron chi connectivity index (χ3n) is 2.44. The van der Waals surface area contributed by atoms with Crippen molar-refractivity contribution in [2.75, 3.05) is 20.8 Å². The van der Waals surface area contributed by atoms with Crippen LogP contribution in [0.1, 0.15) is 12.5 Å². The second-order valence-corrected chi connectivity index (χ2v) is 5.52. The number of thiocarbonyl (C=S) groups is 1. The average molecular weight is 376 g/mol. The Labute approximate surface area is 137 Å². The van der Waals surface area contributed by atoms with E-state index in [2.05, 4.69) is 31.8 Å². The lowest BCUT2D eigenvalue weighted by Gasteiger charge is -2.13. The predicted octanol–water partition coefficient (Wildman–Crippen LogP) is 2.00. The molecule has 116 valence electrons. The smallest absolute Gasteiger partial charge is 0.187 e. The highest BCUT2D eigenvalue weighted by molar-refractivity contribution is 9.10. The maximum Gasteiger partial charge on any atom is 0.187 e. The molecule has 0 amide bonds. The molecule has 0 saturated heterocycles. The van der Waals surface area contributed by atoms with Gasteiger partial charge in [-0.1, -0.05) is 0 Å². The van der Waals surface area contributed by atoms with E-state index < -0.39 is 0 Å². The number of halogens is 1. The molecule has 0 spiro atoms. The van der Waals surface area contributed by atoms with Crippen LogP contribution in [0.2, 0.25) is 0 Å². The molecule has 1 atom stereocenters. The summed E-state index contributed by atoms with van der Waals surface area (Å²) in [7, 11) is 3.11. The molecule has 0 saturated carbocycles. The first-order valence-corrected chi connectivity index (χ1v) is 7.33. The van der Waals surface area contributed by atoms with Gasteiger partial charge in [0.1, 0.15) is 0 Å². The number of nitrogens with one attached hydrogen (secondary N) is 2. The van der Waals surface area contributed by atoms with Crippen molar-refractivity contribution in [1.82, 2.24) is 10.7 Å². The van der Waals surface area contributed by atoms with Gasteiger partial charge < -0.3 is 19.9 Å². The normalized spacial score (nSPS) is 12.2. The van der Waals surface area contributed by atoms with Crippen LogP contribution in [-0.4, -0.2) is 43.3 Å². The number of hydrogen-bond acceptors (Lipinski definition) is 5. The van der Waals surface area contributed by atoms with E-state index in [9.17, 15) is 5.11 Å². The summed E-state index contributed by atoms with van der Waals surface area (Å²) in [5.41, 5.74) is 3.45. The molecule has 0 aliphatic rings. The lowest BCUT2D eigenvalue weighted by molar-refractivity contribution is 0.179. The molecule has 0 radical (unpaired) electrons. The molecule has 0 heterocycles. The number of hydrogen-bond donors (Lipinski definition) is 3. The quantitative estimate of drug-likeness (QED) is 0.401. The summed E-state index contributed by atoms with van der Waals surface area (Å²) in [5.74, 6) is 0.411. The van der Waals surface area contributed by atoms with Crippen molar-refractivity contribution < 1.29 is 14.6 Å². The number of methoxy groups -OCH3 is 2. The summed E-state index contributed by atoms with van der Waals surface area (Å²) in [4.78, 5) is 0. The van der Waals surface area contributed by atoms with E-state index in [0.29, 0.717) is 21.9 Å². The van der Waals surface area contributed by atoms with E-state index in [-0.39, 0.29) is 11.8 Å². The van der Waals surface area contributed by atoms with Crippen molar-refractivity contribution in [2.24, 2.45) is 5.10 Å². The molecule has 1 aromatic carbocycles. The summed E-state index contributed by atoms with van der Waals surface area (Å²) < 4.78 is 10.6. The second-order valence-electron chi connectivity index (χ2n) is 4.25. The summed E-state index contributed by atoms with van der Waals surface area (Å²) in [5, 5.41) is 17.2. The van der Waals surface area contributed by atoms with Crippen molar-refractivity contribution in [3.63, 3.8) is 0 Å². The van der Waals surface area contributed by atoms with E-state index in [4.69, 9.17) is 21.7 Å². The van der Waals surface area contributed by atoms with Gasteiger partial charge in [0.25, 0.3) is 0 Å². The van der Waals surface area contributed by atoms with Gasteiger partial charge in [0, 0.05) is 13.2 Å². The van der Waals surface area contributed by atoms with Crippen molar-refractivity contribution in [3.05, 3.63) is 22.2 Å². The number of phenols is 1. The molecular formula is C13H18BrN3O3S. The van der Waals surface area contributed by atoms with E-state index in [1.165, 1.54) is 7.11 Å². The van der Waals surface area contributed by atoms with Gasteiger partial charge in [-0.3, -0.25) is 5.43 Å². The van der Waals surface area contributed by atoms with Crippen LogP contribution in [0.25, 0.3) is 0 Å². The first-order chi connectivity index (χ1) is 9.97. The van der Waals surface area contributed by atoms with Crippen LogP contribution >= 0.6 is 28.1 Å². The van der Waals surface area contributed by atoms with Crippen molar-refractivity contribution in [1.29, 1.82) is 0 Å². The zero-order valence-electron chi connectivity index (χ0n) is 12.0. The third-order valence-corrected chi connectivity index (χ3v) is 3.26. The molecule has 0 aliphatic heterocycles. The lowest BCUT2D eigenvalue weighted by atomic mass is 10.2. The summed E-state index contributed by atoms with van der Waals surface area (Å²) in [6, 6.07) is 3.47. The summed E-state index contributed by atoms with van der Waals surface area (Å²) in [6.45, 7) is 2.50. The van der Waals surface area contributed by atoms with Crippen LogP contribution in [0.15, 0.2) is 21.7 Å².